The van der Waals surface area contributed by atoms with Gasteiger partial charge in [-0.3, -0.25) is 24.1 Å². The Hall–Kier alpha value is -2.34. The lowest BCUT2D eigenvalue weighted by atomic mass is 9.94. The second-order valence-corrected chi connectivity index (χ2v) is 23.3. The van der Waals surface area contributed by atoms with Crippen molar-refractivity contribution in [2.45, 2.75) is 278 Å². The topological polar surface area (TPSA) is 114 Å². The Morgan fingerprint density at radius 2 is 0.986 bits per heavy atom. The Labute approximate surface area is 452 Å². The molecule has 424 valence electrons. The number of esters is 2. The zero-order valence-corrected chi connectivity index (χ0v) is 49.2. The van der Waals surface area contributed by atoms with Gasteiger partial charge in [0, 0.05) is 55.4 Å². The van der Waals surface area contributed by atoms with Crippen LogP contribution in [0.25, 0.3) is 0 Å². The van der Waals surface area contributed by atoms with Crippen LogP contribution in [0.15, 0.2) is 0 Å². The molecule has 1 aliphatic heterocycles. The van der Waals surface area contributed by atoms with Crippen LogP contribution in [0.2, 0.25) is 0 Å². The highest BCUT2D eigenvalue weighted by atomic mass is 32.1. The molecule has 0 atom stereocenters. The number of fused-ring (bicyclic) bond motifs is 1. The zero-order valence-electron chi connectivity index (χ0n) is 48.3. The van der Waals surface area contributed by atoms with Crippen LogP contribution in [-0.2, 0) is 48.0 Å². The minimum absolute atomic E-state index is 0.00762. The van der Waals surface area contributed by atoms with Crippen LogP contribution in [-0.4, -0.2) is 93.7 Å². The number of carbonyl (C=O) groups excluding carboxylic acids is 4. The summed E-state index contributed by atoms with van der Waals surface area (Å²) in [6.07, 6.45) is 41.3. The monoisotopic (exact) mass is 1040 g/mol. The third-order valence-corrected chi connectivity index (χ3v) is 16.2. The number of carbonyl (C=O) groups is 4. The van der Waals surface area contributed by atoms with E-state index in [4.69, 9.17) is 14.2 Å². The van der Waals surface area contributed by atoms with Crippen LogP contribution in [0.5, 0.6) is 0 Å². The summed E-state index contributed by atoms with van der Waals surface area (Å²) < 4.78 is 17.9. The van der Waals surface area contributed by atoms with E-state index in [-0.39, 0.29) is 41.9 Å². The van der Waals surface area contributed by atoms with Crippen LogP contribution in [0.4, 0.5) is 0 Å². The second-order valence-electron chi connectivity index (χ2n) is 22.1. The fourth-order valence-electron chi connectivity index (χ4n) is 10.2. The molecule has 0 saturated carbocycles. The minimum Gasteiger partial charge on any atom is -0.465 e. The molecule has 0 aliphatic carbocycles. The molecule has 0 fully saturated rings. The highest BCUT2D eigenvalue weighted by Gasteiger charge is 2.29. The molecule has 73 heavy (non-hydrogen) atoms. The maximum atomic E-state index is 13.7. The summed E-state index contributed by atoms with van der Waals surface area (Å²) in [4.78, 5) is 59.9. The van der Waals surface area contributed by atoms with Crippen molar-refractivity contribution in [3.63, 3.8) is 0 Å². The quantitative estimate of drug-likeness (QED) is 0.0503. The van der Waals surface area contributed by atoms with Gasteiger partial charge in [-0.1, -0.05) is 188 Å². The van der Waals surface area contributed by atoms with E-state index in [0.717, 1.165) is 126 Å². The summed E-state index contributed by atoms with van der Waals surface area (Å²) in [7, 11) is 4.00. The molecule has 1 amide bonds. The van der Waals surface area contributed by atoms with E-state index < -0.39 is 0 Å². The number of hydrogen-bond acceptors (Lipinski definition) is 10. The SMILES string of the molecule is CCCCCCCCC(CCCCCCCC)C(=O)OCCCCCCOCN1CCc2c(sc(CC(=O)CCCCCOC(=O)C(CCCCCCCC)CCCCCCCC)c2C(=O)NCCN(C)C)C1. The summed E-state index contributed by atoms with van der Waals surface area (Å²) in [6, 6.07) is 0. The van der Waals surface area contributed by atoms with Crippen molar-refractivity contribution in [1.29, 1.82) is 0 Å². The van der Waals surface area contributed by atoms with Crippen LogP contribution >= 0.6 is 11.3 Å². The molecule has 0 radical (unpaired) electrons. The molecule has 1 aromatic heterocycles. The molecular formula is C62H113N3O7S. The van der Waals surface area contributed by atoms with E-state index in [2.05, 4.69) is 42.8 Å². The van der Waals surface area contributed by atoms with Crippen LogP contribution < -0.4 is 5.32 Å². The van der Waals surface area contributed by atoms with Crippen molar-refractivity contribution in [3.8, 4) is 0 Å². The number of nitrogens with zero attached hydrogens (tertiary/aromatic N) is 2. The number of rotatable bonds is 51. The molecule has 0 spiro atoms. The standard InChI is InChI=1S/C62H113N3O7S/c1-7-11-15-19-23-30-38-53(39-31-24-20-16-12-8-2)61(68)71-48-36-28-27-35-47-70-52-65-45-43-56-58(51-65)73-57(59(56)60(67)63-44-46-64(5)6)50-55(66)42-34-29-37-49-72-62(69)54(40-32-25-21-17-13-9-3)41-33-26-22-18-14-10-4/h53-54H,7-52H2,1-6H3,(H,63,67). The second kappa shape index (κ2) is 45.8. The number of nitrogens with one attached hydrogen (secondary N) is 1. The fraction of sp³-hybridized carbons (Fsp3) is 0.871. The van der Waals surface area contributed by atoms with E-state index in [0.29, 0.717) is 51.6 Å². The van der Waals surface area contributed by atoms with Crippen LogP contribution in [0.3, 0.4) is 0 Å². The molecule has 2 rings (SSSR count). The minimum atomic E-state index is -0.0733. The van der Waals surface area contributed by atoms with E-state index >= 15 is 0 Å². The normalized spacial score (nSPS) is 12.8. The van der Waals surface area contributed by atoms with E-state index in [1.807, 2.05) is 14.1 Å². The fourth-order valence-corrected chi connectivity index (χ4v) is 11.7. The van der Waals surface area contributed by atoms with Gasteiger partial charge in [-0.15, -0.1) is 11.3 Å². The molecule has 0 bridgehead atoms. The summed E-state index contributed by atoms with van der Waals surface area (Å²) in [5.41, 5.74) is 1.81. The van der Waals surface area contributed by atoms with Gasteiger partial charge in [0.25, 0.3) is 5.91 Å². The lowest BCUT2D eigenvalue weighted by Crippen LogP contribution is -2.34. The maximum absolute atomic E-state index is 13.7. The number of thiophene rings is 1. The van der Waals surface area contributed by atoms with E-state index in [1.165, 1.54) is 133 Å². The van der Waals surface area contributed by atoms with E-state index in [9.17, 15) is 19.2 Å². The Kier molecular flexibility index (Phi) is 41.9. The van der Waals surface area contributed by atoms with Crippen LogP contribution in [0.1, 0.15) is 285 Å². The van der Waals surface area contributed by atoms with Gasteiger partial charge in [-0.25, -0.2) is 0 Å². The lowest BCUT2D eigenvalue weighted by molar-refractivity contribution is -0.150. The third-order valence-electron chi connectivity index (χ3n) is 15.0. The molecular weight excluding hydrogens is 931 g/mol. The van der Waals surface area contributed by atoms with E-state index in [1.54, 1.807) is 11.3 Å². The number of unbranched alkanes of at least 4 members (excludes halogenated alkanes) is 25. The molecule has 1 N–H and O–H groups in total. The van der Waals surface area contributed by atoms with Gasteiger partial charge in [0.1, 0.15) is 5.78 Å². The molecule has 0 unspecified atom stereocenters. The van der Waals surface area contributed by atoms with Gasteiger partial charge in [-0.05, 0) is 90.3 Å². The molecule has 1 aliphatic rings. The van der Waals surface area contributed by atoms with Gasteiger partial charge in [0.15, 0.2) is 0 Å². The molecule has 0 saturated heterocycles. The van der Waals surface area contributed by atoms with Crippen molar-refractivity contribution in [3.05, 3.63) is 20.9 Å². The van der Waals surface area contributed by atoms with Crippen molar-refractivity contribution >= 4 is 35.0 Å². The number of amides is 1. The first-order chi connectivity index (χ1) is 35.6. The Morgan fingerprint density at radius 1 is 0.562 bits per heavy atom. The molecule has 10 nitrogen and oxygen atoms in total. The molecule has 0 aromatic carbocycles. The lowest BCUT2D eigenvalue weighted by Gasteiger charge is -2.27. The molecule has 11 heteroatoms. The predicted molar refractivity (Wildman–Crippen MR) is 307 cm³/mol. The largest absolute Gasteiger partial charge is 0.465 e. The molecule has 1 aromatic rings. The average molecular weight is 1040 g/mol. The highest BCUT2D eigenvalue weighted by Crippen LogP contribution is 2.34. The van der Waals surface area contributed by atoms with Crippen molar-refractivity contribution in [2.75, 3.05) is 60.3 Å². The van der Waals surface area contributed by atoms with Gasteiger partial charge in [-0.2, -0.15) is 0 Å². The highest BCUT2D eigenvalue weighted by molar-refractivity contribution is 7.12. The number of hydrogen-bond donors (Lipinski definition) is 1. The Bertz CT molecular complexity index is 1500. The number of ether oxygens (including phenoxy) is 3. The third kappa shape index (κ3) is 33.4. The predicted octanol–water partition coefficient (Wildman–Crippen LogP) is 15.9. The van der Waals surface area contributed by atoms with Crippen molar-refractivity contribution < 1.29 is 33.4 Å². The Morgan fingerprint density at radius 3 is 1.45 bits per heavy atom. The first-order valence-electron chi connectivity index (χ1n) is 30.9. The van der Waals surface area contributed by atoms with Crippen LogP contribution in [0, 0.1) is 11.8 Å². The summed E-state index contributed by atoms with van der Waals surface area (Å²) in [5, 5.41) is 3.13. The summed E-state index contributed by atoms with van der Waals surface area (Å²) >= 11 is 1.63. The Balaban J connectivity index is 1.79. The number of Topliss-reactive ketones (excluding diaryl/α,β-unsaturated/α-hetero) is 1. The van der Waals surface area contributed by atoms with Crippen molar-refractivity contribution in [1.82, 2.24) is 15.1 Å². The van der Waals surface area contributed by atoms with Crippen molar-refractivity contribution in [2.24, 2.45) is 11.8 Å². The summed E-state index contributed by atoms with van der Waals surface area (Å²) in [5.74, 6) is 0.152. The average Bonchev–Trinajstić information content (AvgIpc) is 3.73. The smallest absolute Gasteiger partial charge is 0.308 e. The zero-order chi connectivity index (χ0) is 53.0. The summed E-state index contributed by atoms with van der Waals surface area (Å²) in [6.45, 7) is 14.0. The first-order valence-corrected chi connectivity index (χ1v) is 31.7. The maximum Gasteiger partial charge on any atom is 0.308 e. The van der Waals surface area contributed by atoms with Gasteiger partial charge < -0.3 is 24.4 Å². The van der Waals surface area contributed by atoms with Gasteiger partial charge >= 0.3 is 11.9 Å². The first kappa shape index (κ1) is 66.8. The van der Waals surface area contributed by atoms with Gasteiger partial charge in [0.2, 0.25) is 0 Å². The molecule has 2 heterocycles. The van der Waals surface area contributed by atoms with Gasteiger partial charge in [0.05, 0.1) is 37.3 Å². The number of likely N-dealkylation sites (N-methyl/N-ethyl adjacent to an activating group) is 1. The number of ketones is 1.